The Morgan fingerprint density at radius 2 is 1.81 bits per heavy atom. The van der Waals surface area contributed by atoms with E-state index in [1.807, 2.05) is 7.05 Å². The lowest BCUT2D eigenvalue weighted by molar-refractivity contribution is 0.192. The number of hydrogen-bond acceptors (Lipinski definition) is 4. The largest absolute Gasteiger partial charge is 0.328 e. The third-order valence-corrected chi connectivity index (χ3v) is 5.24. The third kappa shape index (κ3) is 4.39. The van der Waals surface area contributed by atoms with Crippen molar-refractivity contribution in [2.75, 3.05) is 25.1 Å². The van der Waals surface area contributed by atoms with Crippen LogP contribution in [-0.2, 0) is 9.84 Å². The van der Waals surface area contributed by atoms with Gasteiger partial charge in [0.2, 0.25) is 0 Å². The van der Waals surface area contributed by atoms with Crippen LogP contribution in [0.1, 0.15) is 32.6 Å². The normalized spacial score (nSPS) is 27.2. The first-order valence-corrected chi connectivity index (χ1v) is 7.93. The predicted octanol–water partition coefficient (Wildman–Crippen LogP) is 0.623. The molecule has 1 saturated carbocycles. The maximum Gasteiger partial charge on any atom is 0.151 e. The molecule has 5 heteroatoms. The van der Waals surface area contributed by atoms with Crippen LogP contribution in [0.5, 0.6) is 0 Å². The van der Waals surface area contributed by atoms with Crippen molar-refractivity contribution in [3.05, 3.63) is 0 Å². The Morgan fingerprint density at radius 3 is 2.31 bits per heavy atom. The Hall–Kier alpha value is -0.130. The standard InChI is InChI=1S/C11H24N2O2S/c1-3-16(14,15)9-8-13(2)11-6-4-10(12)5-7-11/h10-11H,3-9,12H2,1-2H3. The van der Waals surface area contributed by atoms with E-state index in [1.54, 1.807) is 6.92 Å². The molecule has 0 saturated heterocycles. The SMILES string of the molecule is CCS(=O)(=O)CCN(C)C1CCC(N)CC1. The van der Waals surface area contributed by atoms with Crippen molar-refractivity contribution in [1.82, 2.24) is 4.90 Å². The van der Waals surface area contributed by atoms with E-state index < -0.39 is 9.84 Å². The molecule has 0 aliphatic heterocycles. The van der Waals surface area contributed by atoms with Crippen LogP contribution in [-0.4, -0.2) is 50.5 Å². The second-order valence-corrected chi connectivity index (χ2v) is 7.26. The molecular weight excluding hydrogens is 224 g/mol. The molecule has 96 valence electrons. The van der Waals surface area contributed by atoms with E-state index in [0.29, 0.717) is 18.6 Å². The molecule has 0 radical (unpaired) electrons. The molecule has 0 spiro atoms. The molecule has 1 fully saturated rings. The monoisotopic (exact) mass is 248 g/mol. The van der Waals surface area contributed by atoms with Gasteiger partial charge in [0.1, 0.15) is 0 Å². The summed E-state index contributed by atoms with van der Waals surface area (Å²) in [6, 6.07) is 0.871. The van der Waals surface area contributed by atoms with E-state index in [2.05, 4.69) is 4.90 Å². The molecule has 4 nitrogen and oxygen atoms in total. The van der Waals surface area contributed by atoms with Crippen LogP contribution >= 0.6 is 0 Å². The maximum atomic E-state index is 11.4. The van der Waals surface area contributed by atoms with Crippen LogP contribution in [0.3, 0.4) is 0 Å². The zero-order chi connectivity index (χ0) is 12.2. The predicted molar refractivity (Wildman–Crippen MR) is 67.2 cm³/mol. The van der Waals surface area contributed by atoms with Gasteiger partial charge in [-0.05, 0) is 32.7 Å². The molecule has 1 rings (SSSR count). The van der Waals surface area contributed by atoms with Crippen LogP contribution in [0.4, 0.5) is 0 Å². The Kier molecular flexibility index (Phi) is 5.21. The van der Waals surface area contributed by atoms with Gasteiger partial charge in [0, 0.05) is 24.4 Å². The summed E-state index contributed by atoms with van der Waals surface area (Å²) in [6.07, 6.45) is 4.33. The minimum absolute atomic E-state index is 0.246. The van der Waals surface area contributed by atoms with Gasteiger partial charge in [-0.1, -0.05) is 6.92 Å². The minimum Gasteiger partial charge on any atom is -0.328 e. The van der Waals surface area contributed by atoms with Gasteiger partial charge in [0.05, 0.1) is 5.75 Å². The zero-order valence-corrected chi connectivity index (χ0v) is 11.2. The summed E-state index contributed by atoms with van der Waals surface area (Å²) < 4.78 is 22.8. The fourth-order valence-electron chi connectivity index (χ4n) is 2.15. The fourth-order valence-corrected chi connectivity index (χ4v) is 3.01. The van der Waals surface area contributed by atoms with E-state index in [-0.39, 0.29) is 11.5 Å². The van der Waals surface area contributed by atoms with Crippen LogP contribution in [0.2, 0.25) is 0 Å². The highest BCUT2D eigenvalue weighted by atomic mass is 32.2. The summed E-state index contributed by atoms with van der Waals surface area (Å²) >= 11 is 0. The number of sulfone groups is 1. The molecule has 0 unspecified atom stereocenters. The van der Waals surface area contributed by atoms with Crippen LogP contribution in [0.15, 0.2) is 0 Å². The van der Waals surface area contributed by atoms with Gasteiger partial charge in [-0.15, -0.1) is 0 Å². The van der Waals surface area contributed by atoms with Crippen LogP contribution in [0.25, 0.3) is 0 Å². The van der Waals surface area contributed by atoms with Gasteiger partial charge >= 0.3 is 0 Å². The summed E-state index contributed by atoms with van der Waals surface area (Å²) in [5.74, 6) is 0.527. The van der Waals surface area contributed by atoms with Crippen molar-refractivity contribution in [2.45, 2.75) is 44.7 Å². The van der Waals surface area contributed by atoms with Gasteiger partial charge in [0.15, 0.2) is 9.84 Å². The molecule has 0 aromatic rings. The summed E-state index contributed by atoms with van der Waals surface area (Å²) in [5.41, 5.74) is 5.85. The topological polar surface area (TPSA) is 63.4 Å². The Bertz CT molecular complexity index is 295. The Labute approximate surface area is 99.1 Å². The van der Waals surface area contributed by atoms with Gasteiger partial charge in [-0.3, -0.25) is 0 Å². The Morgan fingerprint density at radius 1 is 1.25 bits per heavy atom. The van der Waals surface area contributed by atoms with Gasteiger partial charge in [-0.25, -0.2) is 8.42 Å². The number of hydrogen-bond donors (Lipinski definition) is 1. The van der Waals surface area contributed by atoms with Gasteiger partial charge < -0.3 is 10.6 Å². The first-order valence-electron chi connectivity index (χ1n) is 6.11. The van der Waals surface area contributed by atoms with Gasteiger partial charge in [-0.2, -0.15) is 0 Å². The number of nitrogens with two attached hydrogens (primary N) is 1. The molecule has 0 aromatic carbocycles. The molecule has 0 amide bonds. The summed E-state index contributed by atoms with van der Waals surface area (Å²) in [5, 5.41) is 0. The van der Waals surface area contributed by atoms with Crippen molar-refractivity contribution in [3.8, 4) is 0 Å². The second-order valence-electron chi connectivity index (χ2n) is 4.79. The summed E-state index contributed by atoms with van der Waals surface area (Å²) in [6.45, 7) is 2.35. The lowest BCUT2D eigenvalue weighted by Gasteiger charge is -2.33. The quantitative estimate of drug-likeness (QED) is 0.775. The van der Waals surface area contributed by atoms with Crippen molar-refractivity contribution >= 4 is 9.84 Å². The maximum absolute atomic E-state index is 11.4. The smallest absolute Gasteiger partial charge is 0.151 e. The average molecular weight is 248 g/mol. The number of rotatable bonds is 5. The zero-order valence-electron chi connectivity index (χ0n) is 10.4. The molecule has 0 atom stereocenters. The molecule has 2 N–H and O–H groups in total. The summed E-state index contributed by atoms with van der Waals surface area (Å²) in [7, 11) is -0.810. The van der Waals surface area contributed by atoms with Crippen molar-refractivity contribution in [3.63, 3.8) is 0 Å². The highest BCUT2D eigenvalue weighted by molar-refractivity contribution is 7.91. The molecule has 1 aliphatic carbocycles. The average Bonchev–Trinajstić information content (AvgIpc) is 2.27. The van der Waals surface area contributed by atoms with E-state index in [4.69, 9.17) is 5.73 Å². The van der Waals surface area contributed by atoms with Crippen LogP contribution in [0, 0.1) is 0 Å². The summed E-state index contributed by atoms with van der Waals surface area (Å²) in [4.78, 5) is 2.18. The van der Waals surface area contributed by atoms with Crippen LogP contribution < -0.4 is 5.73 Å². The van der Waals surface area contributed by atoms with Gasteiger partial charge in [0.25, 0.3) is 0 Å². The van der Waals surface area contributed by atoms with Crippen molar-refractivity contribution < 1.29 is 8.42 Å². The number of nitrogens with zero attached hydrogens (tertiary/aromatic N) is 1. The first kappa shape index (κ1) is 13.9. The van der Waals surface area contributed by atoms with Crippen molar-refractivity contribution in [2.24, 2.45) is 5.73 Å². The molecular formula is C11H24N2O2S. The second kappa shape index (κ2) is 5.98. The van der Waals surface area contributed by atoms with E-state index in [1.165, 1.54) is 0 Å². The van der Waals surface area contributed by atoms with Crippen molar-refractivity contribution in [1.29, 1.82) is 0 Å². The van der Waals surface area contributed by atoms with E-state index in [0.717, 1.165) is 25.7 Å². The highest BCUT2D eigenvalue weighted by Gasteiger charge is 2.22. The van der Waals surface area contributed by atoms with E-state index in [9.17, 15) is 8.42 Å². The molecule has 1 aliphatic rings. The fraction of sp³-hybridized carbons (Fsp3) is 1.00. The molecule has 16 heavy (non-hydrogen) atoms. The molecule has 0 bridgehead atoms. The Balaban J connectivity index is 2.33. The van der Waals surface area contributed by atoms with E-state index >= 15 is 0 Å². The lowest BCUT2D eigenvalue weighted by atomic mass is 9.91. The molecule has 0 heterocycles. The molecule has 0 aromatic heterocycles. The minimum atomic E-state index is -2.83. The highest BCUT2D eigenvalue weighted by Crippen LogP contribution is 2.20. The lowest BCUT2D eigenvalue weighted by Crippen LogP contribution is -2.40. The first-order chi connectivity index (χ1) is 7.44. The third-order valence-electron chi connectivity index (χ3n) is 3.56.